The van der Waals surface area contributed by atoms with E-state index in [0.717, 1.165) is 0 Å². The maximum absolute atomic E-state index is 12.5. The number of carboxylic acids is 2. The van der Waals surface area contributed by atoms with Crippen molar-refractivity contribution in [2.45, 2.75) is 70.5 Å². The molecule has 0 aromatic heterocycles. The van der Waals surface area contributed by atoms with Gasteiger partial charge in [-0.15, -0.1) is 0 Å². The highest BCUT2D eigenvalue weighted by atomic mass is 16.4. The Bertz CT molecular complexity index is 627. The van der Waals surface area contributed by atoms with Gasteiger partial charge in [0.1, 0.15) is 12.1 Å². The third kappa shape index (κ3) is 13.2. The number of hydrogen-bond donors (Lipinski definition) is 7. The first-order chi connectivity index (χ1) is 14.5. The van der Waals surface area contributed by atoms with E-state index in [1.165, 1.54) is 0 Å². The van der Waals surface area contributed by atoms with Gasteiger partial charge in [0.15, 0.2) is 0 Å². The molecule has 9 N–H and O–H groups in total. The molecule has 3 atom stereocenters. The number of carbonyl (C=O) groups excluding carboxylic acids is 3. The minimum absolute atomic E-state index is 0.141. The first-order valence-corrected chi connectivity index (χ1v) is 10.3. The van der Waals surface area contributed by atoms with E-state index in [1.54, 1.807) is 0 Å². The average Bonchev–Trinajstić information content (AvgIpc) is 2.67. The molecule has 0 saturated heterocycles. The zero-order chi connectivity index (χ0) is 24.0. The Labute approximate surface area is 181 Å². The third-order valence-corrected chi connectivity index (χ3v) is 4.35. The number of nitrogens with one attached hydrogen (secondary N) is 3. The fraction of sp³-hybridized carbons (Fsp3) is 0.737. The van der Waals surface area contributed by atoms with Crippen molar-refractivity contribution >= 4 is 29.7 Å². The Morgan fingerprint density at radius 1 is 0.903 bits per heavy atom. The van der Waals surface area contributed by atoms with Gasteiger partial charge in [-0.3, -0.25) is 19.2 Å². The van der Waals surface area contributed by atoms with Crippen molar-refractivity contribution < 1.29 is 34.2 Å². The zero-order valence-electron chi connectivity index (χ0n) is 18.1. The van der Waals surface area contributed by atoms with Crippen LogP contribution in [-0.2, 0) is 24.0 Å². The Hall–Kier alpha value is -2.73. The van der Waals surface area contributed by atoms with Crippen molar-refractivity contribution in [2.75, 3.05) is 13.1 Å². The van der Waals surface area contributed by atoms with E-state index >= 15 is 0 Å². The monoisotopic (exact) mass is 445 g/mol. The van der Waals surface area contributed by atoms with E-state index in [0.29, 0.717) is 25.8 Å². The highest BCUT2D eigenvalue weighted by molar-refractivity contribution is 5.92. The number of hydrogen-bond acceptors (Lipinski definition) is 7. The summed E-state index contributed by atoms with van der Waals surface area (Å²) in [6, 6.07) is -3.26. The topological polar surface area (TPSA) is 214 Å². The molecule has 0 saturated carbocycles. The van der Waals surface area contributed by atoms with E-state index in [2.05, 4.69) is 16.0 Å². The van der Waals surface area contributed by atoms with E-state index in [9.17, 15) is 29.1 Å². The van der Waals surface area contributed by atoms with Gasteiger partial charge in [-0.25, -0.2) is 4.79 Å². The van der Waals surface area contributed by atoms with Crippen LogP contribution in [0.15, 0.2) is 0 Å². The normalized spacial score (nSPS) is 13.7. The molecule has 0 aromatic carbocycles. The van der Waals surface area contributed by atoms with E-state index < -0.39 is 60.8 Å². The Balaban J connectivity index is 4.93. The molecular formula is C19H35N5O7. The Morgan fingerprint density at radius 2 is 1.55 bits per heavy atom. The summed E-state index contributed by atoms with van der Waals surface area (Å²) in [4.78, 5) is 58.8. The lowest BCUT2D eigenvalue weighted by Crippen LogP contribution is -2.53. The first-order valence-electron chi connectivity index (χ1n) is 10.3. The highest BCUT2D eigenvalue weighted by Gasteiger charge is 2.27. The van der Waals surface area contributed by atoms with Crippen LogP contribution in [0.25, 0.3) is 0 Å². The lowest BCUT2D eigenvalue weighted by molar-refractivity contribution is -0.143. The summed E-state index contributed by atoms with van der Waals surface area (Å²) in [5.74, 6) is -4.33. The standard InChI is InChI=1S/C19H35N5O7/c1-11(2)9-12(21)17(28)22-10-15(25)23-13(6-7-16(26)27)18(29)24-14(19(30)31)5-3-4-8-20/h11-14H,3-10,20-21H2,1-2H3,(H,22,28)(H,23,25)(H,24,29)(H,26,27)(H,30,31). The predicted molar refractivity (Wildman–Crippen MR) is 112 cm³/mol. The number of carbonyl (C=O) groups is 5. The van der Waals surface area contributed by atoms with E-state index in [-0.39, 0.29) is 18.8 Å². The quantitative estimate of drug-likeness (QED) is 0.138. The van der Waals surface area contributed by atoms with Crippen LogP contribution >= 0.6 is 0 Å². The molecule has 178 valence electrons. The van der Waals surface area contributed by atoms with Gasteiger partial charge in [-0.1, -0.05) is 13.8 Å². The molecule has 3 amide bonds. The van der Waals surface area contributed by atoms with Crippen LogP contribution in [0.2, 0.25) is 0 Å². The molecule has 3 unspecified atom stereocenters. The number of carboxylic acid groups (broad SMARTS) is 2. The Kier molecular flexibility index (Phi) is 13.8. The second-order valence-electron chi connectivity index (χ2n) is 7.69. The molecule has 0 heterocycles. The number of unbranched alkanes of at least 4 members (excludes halogenated alkanes) is 1. The van der Waals surface area contributed by atoms with Crippen LogP contribution in [-0.4, -0.2) is 71.1 Å². The van der Waals surface area contributed by atoms with Crippen molar-refractivity contribution in [2.24, 2.45) is 17.4 Å². The lowest BCUT2D eigenvalue weighted by atomic mass is 10.0. The van der Waals surface area contributed by atoms with E-state index in [1.807, 2.05) is 13.8 Å². The summed E-state index contributed by atoms with van der Waals surface area (Å²) in [7, 11) is 0. The minimum Gasteiger partial charge on any atom is -0.481 e. The molecule has 0 aliphatic heterocycles. The van der Waals surface area contributed by atoms with Gasteiger partial charge in [-0.05, 0) is 44.6 Å². The summed E-state index contributed by atoms with van der Waals surface area (Å²) in [5, 5.41) is 25.2. The van der Waals surface area contributed by atoms with Crippen LogP contribution in [0.3, 0.4) is 0 Å². The molecule has 0 bridgehead atoms. The van der Waals surface area contributed by atoms with Crippen LogP contribution in [0, 0.1) is 5.92 Å². The molecule has 0 fully saturated rings. The van der Waals surface area contributed by atoms with Gasteiger partial charge in [0.25, 0.3) is 0 Å². The largest absolute Gasteiger partial charge is 0.481 e. The summed E-state index contributed by atoms with van der Waals surface area (Å²) in [6.45, 7) is 3.71. The predicted octanol–water partition coefficient (Wildman–Crippen LogP) is -1.48. The summed E-state index contributed by atoms with van der Waals surface area (Å²) in [5.41, 5.74) is 11.1. The van der Waals surface area contributed by atoms with Crippen molar-refractivity contribution in [3.05, 3.63) is 0 Å². The number of nitrogens with two attached hydrogens (primary N) is 2. The fourth-order valence-corrected chi connectivity index (χ4v) is 2.72. The molecule has 12 heteroatoms. The summed E-state index contributed by atoms with van der Waals surface area (Å²) in [6.07, 6.45) is 0.956. The van der Waals surface area contributed by atoms with Gasteiger partial charge >= 0.3 is 11.9 Å². The van der Waals surface area contributed by atoms with Crippen LogP contribution in [0.4, 0.5) is 0 Å². The van der Waals surface area contributed by atoms with Crippen LogP contribution in [0.5, 0.6) is 0 Å². The highest BCUT2D eigenvalue weighted by Crippen LogP contribution is 2.05. The first kappa shape index (κ1) is 28.3. The van der Waals surface area contributed by atoms with Gasteiger partial charge in [-0.2, -0.15) is 0 Å². The molecule has 0 aliphatic carbocycles. The second-order valence-corrected chi connectivity index (χ2v) is 7.69. The number of aliphatic carboxylic acids is 2. The molecule has 31 heavy (non-hydrogen) atoms. The molecule has 0 radical (unpaired) electrons. The van der Waals surface area contributed by atoms with Gasteiger partial charge in [0.2, 0.25) is 17.7 Å². The number of rotatable bonds is 16. The Morgan fingerprint density at radius 3 is 2.06 bits per heavy atom. The van der Waals surface area contributed by atoms with E-state index in [4.69, 9.17) is 16.6 Å². The van der Waals surface area contributed by atoms with Gasteiger partial charge < -0.3 is 37.6 Å². The molecule has 0 spiro atoms. The van der Waals surface area contributed by atoms with Gasteiger partial charge in [0.05, 0.1) is 12.6 Å². The van der Waals surface area contributed by atoms with Gasteiger partial charge in [0, 0.05) is 6.42 Å². The van der Waals surface area contributed by atoms with Crippen LogP contribution in [0.1, 0.15) is 52.4 Å². The fourth-order valence-electron chi connectivity index (χ4n) is 2.72. The van der Waals surface area contributed by atoms with Crippen LogP contribution < -0.4 is 27.4 Å². The minimum atomic E-state index is -1.28. The maximum atomic E-state index is 12.5. The van der Waals surface area contributed by atoms with Crippen molar-refractivity contribution in [1.29, 1.82) is 0 Å². The lowest BCUT2D eigenvalue weighted by Gasteiger charge is -2.21. The third-order valence-electron chi connectivity index (χ3n) is 4.35. The second kappa shape index (κ2) is 15.1. The summed E-state index contributed by atoms with van der Waals surface area (Å²) < 4.78 is 0. The molecular weight excluding hydrogens is 410 g/mol. The van der Waals surface area contributed by atoms with Crippen molar-refractivity contribution in [3.8, 4) is 0 Å². The molecule has 0 aliphatic rings. The molecule has 12 nitrogen and oxygen atoms in total. The SMILES string of the molecule is CC(C)CC(N)C(=O)NCC(=O)NC(CCC(=O)O)C(=O)NC(CCCCN)C(=O)O. The maximum Gasteiger partial charge on any atom is 0.326 e. The van der Waals surface area contributed by atoms with Crippen molar-refractivity contribution in [1.82, 2.24) is 16.0 Å². The smallest absolute Gasteiger partial charge is 0.326 e. The molecule has 0 aromatic rings. The van der Waals surface area contributed by atoms with Crippen molar-refractivity contribution in [3.63, 3.8) is 0 Å². The summed E-state index contributed by atoms with van der Waals surface area (Å²) >= 11 is 0. The average molecular weight is 446 g/mol. The molecule has 0 rings (SSSR count). The number of amides is 3. The zero-order valence-corrected chi connectivity index (χ0v) is 18.1.